The van der Waals surface area contributed by atoms with Crippen molar-refractivity contribution in [3.63, 3.8) is 0 Å². The molecule has 0 heterocycles. The highest BCUT2D eigenvalue weighted by molar-refractivity contribution is 7.97. The molecule has 26 heavy (non-hydrogen) atoms. The van der Waals surface area contributed by atoms with E-state index in [-0.39, 0.29) is 0 Å². The van der Waals surface area contributed by atoms with Gasteiger partial charge in [-0.3, -0.25) is 4.79 Å². The first kappa shape index (κ1) is 24.1. The Hall–Kier alpha value is 0.0200. The number of hydrogen-bond acceptors (Lipinski definition) is 1. The number of ketones is 1. The van der Waals surface area contributed by atoms with Crippen molar-refractivity contribution in [2.24, 2.45) is 5.92 Å². The summed E-state index contributed by atoms with van der Waals surface area (Å²) in [5.41, 5.74) is 0. The van der Waals surface area contributed by atoms with Gasteiger partial charge in [0.25, 0.3) is 0 Å². The maximum atomic E-state index is 12.8. The van der Waals surface area contributed by atoms with Crippen LogP contribution in [0.25, 0.3) is 0 Å². The van der Waals surface area contributed by atoms with Gasteiger partial charge in [-0.15, -0.1) is 0 Å². The largest absolute Gasteiger partial charge is 0.294 e. The van der Waals surface area contributed by atoms with E-state index in [0.29, 0.717) is 22.6 Å². The fourth-order valence-electron chi connectivity index (χ4n) is 4.16. The topological polar surface area (TPSA) is 17.1 Å². The minimum atomic E-state index is 0.380. The minimum absolute atomic E-state index is 0.380. The molecule has 0 aliphatic heterocycles. The smallest absolute Gasteiger partial charge is 0.184 e. The van der Waals surface area contributed by atoms with Crippen LogP contribution in [0.15, 0.2) is 0 Å². The van der Waals surface area contributed by atoms with Gasteiger partial charge in [0.15, 0.2) is 11.5 Å². The van der Waals surface area contributed by atoms with E-state index in [2.05, 4.69) is 13.8 Å². The lowest BCUT2D eigenvalue weighted by Gasteiger charge is -2.20. The molecule has 0 radical (unpaired) electrons. The zero-order valence-corrected chi connectivity index (χ0v) is 18.9. The molecule has 1 saturated carbocycles. The summed E-state index contributed by atoms with van der Waals surface area (Å²) in [5, 5.41) is 0. The van der Waals surface area contributed by atoms with Gasteiger partial charge in [-0.25, -0.2) is 0 Å². The lowest BCUT2D eigenvalue weighted by molar-refractivity contribution is -0.121. The monoisotopic (exact) mass is 383 g/mol. The zero-order chi connectivity index (χ0) is 18.9. The van der Waals surface area contributed by atoms with Gasteiger partial charge in [0.05, 0.1) is 0 Å². The summed E-state index contributed by atoms with van der Waals surface area (Å²) >= 11 is 0. The molecule has 0 amide bonds. The maximum Gasteiger partial charge on any atom is 0.184 e. The quantitative estimate of drug-likeness (QED) is 0.188. The molecular weight excluding hydrogens is 336 g/mol. The molecule has 0 spiro atoms. The Kier molecular flexibility index (Phi) is 15.9. The molecule has 0 unspecified atom stereocenters. The van der Waals surface area contributed by atoms with E-state index in [9.17, 15) is 4.79 Å². The zero-order valence-electron chi connectivity index (χ0n) is 18.0. The van der Waals surface area contributed by atoms with Crippen molar-refractivity contribution < 1.29 is 4.79 Å². The predicted octanol–water partition coefficient (Wildman–Crippen LogP) is 7.48. The SMILES string of the molecule is CCCCCCCC[S+](CCCCCCCC)CC(=O)C1CCCCC1. The molecule has 0 bridgehead atoms. The van der Waals surface area contributed by atoms with Crippen LogP contribution in [-0.2, 0) is 15.7 Å². The Morgan fingerprint density at radius 3 is 1.65 bits per heavy atom. The average Bonchev–Trinajstić information content (AvgIpc) is 2.67. The molecule has 0 aromatic carbocycles. The first-order valence-electron chi connectivity index (χ1n) is 11.9. The molecule has 1 aliphatic carbocycles. The normalized spacial score (nSPS) is 15.7. The van der Waals surface area contributed by atoms with Gasteiger partial charge in [-0.05, 0) is 49.4 Å². The molecule has 0 N–H and O–H groups in total. The van der Waals surface area contributed by atoms with Crippen molar-refractivity contribution in [1.29, 1.82) is 0 Å². The molecule has 1 rings (SSSR count). The van der Waals surface area contributed by atoms with Crippen molar-refractivity contribution in [2.45, 2.75) is 123 Å². The van der Waals surface area contributed by atoms with E-state index in [1.807, 2.05) is 0 Å². The van der Waals surface area contributed by atoms with Gasteiger partial charge in [0.2, 0.25) is 0 Å². The van der Waals surface area contributed by atoms with Crippen LogP contribution in [0.2, 0.25) is 0 Å². The van der Waals surface area contributed by atoms with Gasteiger partial charge in [0, 0.05) is 5.92 Å². The second kappa shape index (κ2) is 17.1. The number of unbranched alkanes of at least 4 members (excludes halogenated alkanes) is 10. The highest BCUT2D eigenvalue weighted by Gasteiger charge is 2.28. The van der Waals surface area contributed by atoms with Gasteiger partial charge < -0.3 is 0 Å². The maximum absolute atomic E-state index is 12.8. The number of carbonyl (C=O) groups excluding carboxylic acids is 1. The summed E-state index contributed by atoms with van der Waals surface area (Å²) < 4.78 is 0. The van der Waals surface area contributed by atoms with Gasteiger partial charge in [0.1, 0.15) is 11.5 Å². The van der Waals surface area contributed by atoms with Crippen LogP contribution in [0, 0.1) is 5.92 Å². The third-order valence-corrected chi connectivity index (χ3v) is 8.40. The van der Waals surface area contributed by atoms with Crippen molar-refractivity contribution in [3.05, 3.63) is 0 Å². The summed E-state index contributed by atoms with van der Waals surface area (Å²) in [4.78, 5) is 12.8. The molecule has 0 saturated heterocycles. The van der Waals surface area contributed by atoms with E-state index in [1.165, 1.54) is 121 Å². The molecule has 154 valence electrons. The molecule has 0 atom stereocenters. The standard InChI is InChI=1S/C24H47OS/c1-3-5-7-9-11-16-20-26(21-17-12-10-8-6-4-2)22-24(25)23-18-14-13-15-19-23/h23H,3-22H2,1-2H3/q+1. The third kappa shape index (κ3) is 12.4. The molecule has 1 fully saturated rings. The fourth-order valence-corrected chi connectivity index (χ4v) is 6.52. The first-order chi connectivity index (χ1) is 12.8. The van der Waals surface area contributed by atoms with Crippen LogP contribution < -0.4 is 0 Å². The fraction of sp³-hybridized carbons (Fsp3) is 0.958. The van der Waals surface area contributed by atoms with Gasteiger partial charge >= 0.3 is 0 Å². The summed E-state index contributed by atoms with van der Waals surface area (Å²) in [7, 11) is 0.380. The lowest BCUT2D eigenvalue weighted by Crippen LogP contribution is -2.28. The van der Waals surface area contributed by atoms with Gasteiger partial charge in [-0.2, -0.15) is 0 Å². The lowest BCUT2D eigenvalue weighted by atomic mass is 9.87. The summed E-state index contributed by atoms with van der Waals surface area (Å²) in [6.45, 7) is 4.57. The van der Waals surface area contributed by atoms with Crippen LogP contribution in [0.3, 0.4) is 0 Å². The van der Waals surface area contributed by atoms with E-state index in [0.717, 1.165) is 5.75 Å². The number of hydrogen-bond donors (Lipinski definition) is 0. The van der Waals surface area contributed by atoms with Gasteiger partial charge in [-0.1, -0.05) is 84.5 Å². The van der Waals surface area contributed by atoms with Crippen LogP contribution >= 0.6 is 0 Å². The second-order valence-corrected chi connectivity index (χ2v) is 10.8. The summed E-state index contributed by atoms with van der Waals surface area (Å²) in [5.74, 6) is 4.64. The molecule has 1 nitrogen and oxygen atoms in total. The van der Waals surface area contributed by atoms with Crippen LogP contribution in [0.1, 0.15) is 123 Å². The predicted molar refractivity (Wildman–Crippen MR) is 120 cm³/mol. The van der Waals surface area contributed by atoms with Crippen LogP contribution in [-0.4, -0.2) is 23.0 Å². The van der Waals surface area contributed by atoms with Crippen molar-refractivity contribution >= 4 is 16.7 Å². The Labute approximate surface area is 167 Å². The third-order valence-electron chi connectivity index (χ3n) is 5.98. The average molecular weight is 384 g/mol. The summed E-state index contributed by atoms with van der Waals surface area (Å²) in [6.07, 6.45) is 22.9. The molecule has 2 heteroatoms. The highest BCUT2D eigenvalue weighted by atomic mass is 32.2. The van der Waals surface area contributed by atoms with E-state index in [4.69, 9.17) is 0 Å². The Morgan fingerprint density at radius 2 is 1.15 bits per heavy atom. The number of rotatable bonds is 17. The van der Waals surface area contributed by atoms with Crippen molar-refractivity contribution in [1.82, 2.24) is 0 Å². The Bertz CT molecular complexity index is 306. The van der Waals surface area contributed by atoms with E-state index in [1.54, 1.807) is 0 Å². The first-order valence-corrected chi connectivity index (χ1v) is 13.7. The Morgan fingerprint density at radius 1 is 0.692 bits per heavy atom. The molecule has 0 aromatic heterocycles. The van der Waals surface area contributed by atoms with Crippen molar-refractivity contribution in [3.8, 4) is 0 Å². The molecular formula is C24H47OS+. The molecule has 1 aliphatic rings. The highest BCUT2D eigenvalue weighted by Crippen LogP contribution is 2.25. The van der Waals surface area contributed by atoms with Crippen LogP contribution in [0.4, 0.5) is 0 Å². The van der Waals surface area contributed by atoms with E-state index < -0.39 is 0 Å². The van der Waals surface area contributed by atoms with Crippen molar-refractivity contribution in [2.75, 3.05) is 17.3 Å². The van der Waals surface area contributed by atoms with Crippen LogP contribution in [0.5, 0.6) is 0 Å². The number of carbonyl (C=O) groups is 1. The number of Topliss-reactive ketones (excluding diaryl/α,β-unsaturated/α-hetero) is 1. The summed E-state index contributed by atoms with van der Waals surface area (Å²) in [6, 6.07) is 0. The Balaban J connectivity index is 2.27. The minimum Gasteiger partial charge on any atom is -0.294 e. The second-order valence-electron chi connectivity index (χ2n) is 8.50. The molecule has 0 aromatic rings. The van der Waals surface area contributed by atoms with E-state index >= 15 is 0 Å².